The van der Waals surface area contributed by atoms with Gasteiger partial charge in [-0.2, -0.15) is 0 Å². The molecule has 0 saturated heterocycles. The highest BCUT2D eigenvalue weighted by molar-refractivity contribution is 9.10. The van der Waals surface area contributed by atoms with Crippen molar-refractivity contribution in [2.24, 2.45) is 5.92 Å². The van der Waals surface area contributed by atoms with Crippen LogP contribution >= 0.6 is 43.5 Å². The lowest BCUT2D eigenvalue weighted by atomic mass is 9.94. The summed E-state index contributed by atoms with van der Waals surface area (Å²) < 4.78 is 14.1. The fourth-order valence-corrected chi connectivity index (χ4v) is 3.10. The van der Waals surface area contributed by atoms with Crippen LogP contribution in [0.4, 0.5) is 4.39 Å². The van der Waals surface area contributed by atoms with E-state index in [1.807, 2.05) is 12.1 Å². The summed E-state index contributed by atoms with van der Waals surface area (Å²) in [5.74, 6) is 0.140. The smallest absolute Gasteiger partial charge is 0.124 e. The molecule has 0 amide bonds. The molecule has 0 radical (unpaired) electrons. The van der Waals surface area contributed by atoms with Crippen molar-refractivity contribution in [1.29, 1.82) is 0 Å². The molecule has 1 atom stereocenters. The Bertz CT molecular complexity index is 569. The molecule has 0 fully saturated rings. The summed E-state index contributed by atoms with van der Waals surface area (Å²) in [4.78, 5) is 0. The van der Waals surface area contributed by atoms with E-state index in [4.69, 9.17) is 11.6 Å². The molecule has 0 heterocycles. The van der Waals surface area contributed by atoms with E-state index in [1.54, 1.807) is 6.07 Å². The summed E-state index contributed by atoms with van der Waals surface area (Å²) >= 11 is 13.1. The third kappa shape index (κ3) is 4.57. The van der Waals surface area contributed by atoms with Gasteiger partial charge in [0.05, 0.1) is 0 Å². The number of hydrogen-bond acceptors (Lipinski definition) is 0. The van der Waals surface area contributed by atoms with Gasteiger partial charge in [0.2, 0.25) is 0 Å². The van der Waals surface area contributed by atoms with E-state index in [9.17, 15) is 4.39 Å². The largest absolute Gasteiger partial charge is 0.207 e. The predicted octanol–water partition coefficient (Wildman–Crippen LogP) is 6.04. The van der Waals surface area contributed by atoms with Gasteiger partial charge in [-0.3, -0.25) is 0 Å². The Morgan fingerprint density at radius 3 is 2.35 bits per heavy atom. The summed E-state index contributed by atoms with van der Waals surface area (Å²) in [5.41, 5.74) is 2.28. The zero-order valence-corrected chi connectivity index (χ0v) is 14.7. The Balaban J connectivity index is 2.07. The highest BCUT2D eigenvalue weighted by atomic mass is 79.9. The second-order valence-electron chi connectivity index (χ2n) is 4.79. The Kier molecular flexibility index (Phi) is 6.06. The fraction of sp³-hybridized carbons (Fsp3) is 0.250. The maximum atomic E-state index is 13.1. The minimum Gasteiger partial charge on any atom is -0.207 e. The molecule has 4 heteroatoms. The van der Waals surface area contributed by atoms with E-state index >= 15 is 0 Å². The van der Waals surface area contributed by atoms with Crippen molar-refractivity contribution in [2.75, 3.05) is 5.33 Å². The standard InChI is InChI=1S/C16H14Br2ClF/c17-10-12(7-11-1-4-14(18)5-2-11)8-13-3-6-15(20)9-16(13)19/h1-6,9,12H,7-8,10H2. The molecule has 0 aliphatic rings. The maximum Gasteiger partial charge on any atom is 0.124 e. The molecule has 2 rings (SSSR count). The van der Waals surface area contributed by atoms with Crippen LogP contribution < -0.4 is 0 Å². The minimum atomic E-state index is -0.290. The van der Waals surface area contributed by atoms with Crippen LogP contribution in [0.1, 0.15) is 11.1 Å². The topological polar surface area (TPSA) is 0 Å². The van der Waals surface area contributed by atoms with Gasteiger partial charge in [-0.25, -0.2) is 4.39 Å². The van der Waals surface area contributed by atoms with Crippen molar-refractivity contribution in [1.82, 2.24) is 0 Å². The summed E-state index contributed by atoms with van der Waals surface area (Å²) in [7, 11) is 0. The van der Waals surface area contributed by atoms with Crippen LogP contribution in [-0.2, 0) is 12.8 Å². The van der Waals surface area contributed by atoms with E-state index in [0.29, 0.717) is 10.9 Å². The van der Waals surface area contributed by atoms with Crippen molar-refractivity contribution < 1.29 is 4.39 Å². The van der Waals surface area contributed by atoms with Crippen molar-refractivity contribution in [3.8, 4) is 0 Å². The van der Waals surface area contributed by atoms with Gasteiger partial charge in [0.25, 0.3) is 0 Å². The van der Waals surface area contributed by atoms with Crippen molar-refractivity contribution in [3.05, 3.63) is 68.9 Å². The average Bonchev–Trinajstić information content (AvgIpc) is 2.43. The molecule has 106 valence electrons. The summed E-state index contributed by atoms with van der Waals surface area (Å²) in [6, 6.07) is 12.9. The van der Waals surface area contributed by atoms with Crippen LogP contribution in [0.5, 0.6) is 0 Å². The van der Waals surface area contributed by atoms with Gasteiger partial charge in [-0.1, -0.05) is 61.7 Å². The van der Waals surface area contributed by atoms with Gasteiger partial charge in [-0.15, -0.1) is 0 Å². The van der Waals surface area contributed by atoms with Crippen LogP contribution in [0.15, 0.2) is 46.9 Å². The summed E-state index contributed by atoms with van der Waals surface area (Å²) in [5, 5.41) is 1.39. The molecule has 2 aromatic carbocycles. The molecule has 1 unspecified atom stereocenters. The molecule has 0 nitrogen and oxygen atoms in total. The molecule has 0 aromatic heterocycles. The summed E-state index contributed by atoms with van der Waals surface area (Å²) in [6.45, 7) is 0. The molecule has 0 aliphatic carbocycles. The number of halogens is 4. The van der Waals surface area contributed by atoms with Gasteiger partial charge in [0, 0.05) is 14.8 Å². The van der Waals surface area contributed by atoms with Crippen LogP contribution in [0, 0.1) is 11.7 Å². The van der Waals surface area contributed by atoms with E-state index in [0.717, 1.165) is 28.2 Å². The third-order valence-electron chi connectivity index (χ3n) is 3.18. The normalized spacial score (nSPS) is 12.4. The van der Waals surface area contributed by atoms with E-state index in [1.165, 1.54) is 17.7 Å². The first-order chi connectivity index (χ1) is 9.58. The predicted molar refractivity (Wildman–Crippen MR) is 90.2 cm³/mol. The Labute approximate surface area is 140 Å². The zero-order valence-electron chi connectivity index (χ0n) is 10.8. The quantitative estimate of drug-likeness (QED) is 0.518. The maximum absolute atomic E-state index is 13.1. The lowest BCUT2D eigenvalue weighted by Crippen LogP contribution is -2.10. The van der Waals surface area contributed by atoms with Crippen LogP contribution in [0.25, 0.3) is 0 Å². The Morgan fingerprint density at radius 2 is 1.75 bits per heavy atom. The molecule has 0 aliphatic heterocycles. The van der Waals surface area contributed by atoms with Crippen LogP contribution in [0.3, 0.4) is 0 Å². The van der Waals surface area contributed by atoms with Gasteiger partial charge in [0.1, 0.15) is 5.82 Å². The SMILES string of the molecule is Fc1ccc(CC(CBr)Cc2ccc(Br)cc2)c(Cl)c1. The molecule has 20 heavy (non-hydrogen) atoms. The highest BCUT2D eigenvalue weighted by Gasteiger charge is 2.12. The lowest BCUT2D eigenvalue weighted by molar-refractivity contribution is 0.588. The van der Waals surface area contributed by atoms with Crippen molar-refractivity contribution in [2.45, 2.75) is 12.8 Å². The lowest BCUT2D eigenvalue weighted by Gasteiger charge is -2.15. The highest BCUT2D eigenvalue weighted by Crippen LogP contribution is 2.24. The average molecular weight is 421 g/mol. The van der Waals surface area contributed by atoms with Gasteiger partial charge in [-0.05, 0) is 54.2 Å². The fourth-order valence-electron chi connectivity index (χ4n) is 2.13. The minimum absolute atomic E-state index is 0.290. The molecular formula is C16H14Br2ClF. The first-order valence-electron chi connectivity index (χ1n) is 6.33. The molecule has 0 spiro atoms. The number of alkyl halides is 1. The van der Waals surface area contributed by atoms with Crippen LogP contribution in [0.2, 0.25) is 5.02 Å². The van der Waals surface area contributed by atoms with Crippen molar-refractivity contribution >= 4 is 43.5 Å². The Morgan fingerprint density at radius 1 is 1.05 bits per heavy atom. The second-order valence-corrected chi connectivity index (χ2v) is 6.76. The summed E-state index contributed by atoms with van der Waals surface area (Å²) in [6.07, 6.45) is 1.80. The van der Waals surface area contributed by atoms with E-state index in [-0.39, 0.29) is 5.82 Å². The first kappa shape index (κ1) is 16.0. The molecule has 2 aromatic rings. The van der Waals surface area contributed by atoms with Gasteiger partial charge < -0.3 is 0 Å². The van der Waals surface area contributed by atoms with Crippen molar-refractivity contribution in [3.63, 3.8) is 0 Å². The number of rotatable bonds is 5. The third-order valence-corrected chi connectivity index (χ3v) is 4.98. The van der Waals surface area contributed by atoms with E-state index in [2.05, 4.69) is 44.0 Å². The molecule has 0 bridgehead atoms. The number of benzene rings is 2. The zero-order chi connectivity index (χ0) is 14.5. The first-order valence-corrected chi connectivity index (χ1v) is 8.62. The molecular weight excluding hydrogens is 406 g/mol. The monoisotopic (exact) mass is 418 g/mol. The van der Waals surface area contributed by atoms with Gasteiger partial charge in [0.15, 0.2) is 0 Å². The van der Waals surface area contributed by atoms with E-state index < -0.39 is 0 Å². The molecule has 0 saturated carbocycles. The van der Waals surface area contributed by atoms with Crippen LogP contribution in [-0.4, -0.2) is 5.33 Å². The molecule has 0 N–H and O–H groups in total. The Hall–Kier alpha value is -0.380. The second kappa shape index (κ2) is 7.58. The van der Waals surface area contributed by atoms with Gasteiger partial charge >= 0.3 is 0 Å². The number of hydrogen-bond donors (Lipinski definition) is 0.